The molecule has 0 heterocycles. The van der Waals surface area contributed by atoms with E-state index in [1.54, 1.807) is 0 Å². The molecule has 0 bridgehead atoms. The highest BCUT2D eigenvalue weighted by molar-refractivity contribution is 4.76. The standard InChI is InChI=1S/C12H27NO/c1-7-12(5,6)13-8-11(4)14-9-10(2)3/h10-11,13H,7-9H2,1-6H3. The van der Waals surface area contributed by atoms with Gasteiger partial charge in [0.1, 0.15) is 0 Å². The van der Waals surface area contributed by atoms with Crippen LogP contribution in [0.1, 0.15) is 48.0 Å². The fourth-order valence-corrected chi connectivity index (χ4v) is 0.961. The van der Waals surface area contributed by atoms with Gasteiger partial charge < -0.3 is 10.1 Å². The van der Waals surface area contributed by atoms with Crippen molar-refractivity contribution in [3.63, 3.8) is 0 Å². The van der Waals surface area contributed by atoms with Crippen molar-refractivity contribution in [3.8, 4) is 0 Å². The highest BCUT2D eigenvalue weighted by Gasteiger charge is 2.15. The molecule has 86 valence electrons. The quantitative estimate of drug-likeness (QED) is 0.684. The largest absolute Gasteiger partial charge is 0.377 e. The zero-order valence-electron chi connectivity index (χ0n) is 10.7. The molecule has 0 spiro atoms. The van der Waals surface area contributed by atoms with Crippen LogP contribution in [0.2, 0.25) is 0 Å². The van der Waals surface area contributed by atoms with Crippen molar-refractivity contribution in [2.75, 3.05) is 13.2 Å². The molecule has 0 fully saturated rings. The summed E-state index contributed by atoms with van der Waals surface area (Å²) in [5.41, 5.74) is 0.232. The molecular weight excluding hydrogens is 174 g/mol. The number of hydrogen-bond acceptors (Lipinski definition) is 2. The SMILES string of the molecule is CCC(C)(C)NCC(C)OCC(C)C. The normalized spacial score (nSPS) is 14.8. The van der Waals surface area contributed by atoms with Gasteiger partial charge in [-0.15, -0.1) is 0 Å². The topological polar surface area (TPSA) is 21.3 Å². The van der Waals surface area contributed by atoms with Crippen molar-refractivity contribution >= 4 is 0 Å². The van der Waals surface area contributed by atoms with Gasteiger partial charge in [0.2, 0.25) is 0 Å². The molecule has 0 aliphatic rings. The third-order valence-corrected chi connectivity index (χ3v) is 2.47. The molecule has 0 rings (SSSR count). The summed E-state index contributed by atoms with van der Waals surface area (Å²) < 4.78 is 5.68. The van der Waals surface area contributed by atoms with E-state index < -0.39 is 0 Å². The second kappa shape index (κ2) is 6.41. The summed E-state index contributed by atoms with van der Waals surface area (Å²) in [6, 6.07) is 0. The van der Waals surface area contributed by atoms with Crippen LogP contribution in [0.5, 0.6) is 0 Å². The summed E-state index contributed by atoms with van der Waals surface area (Å²) in [6.45, 7) is 14.9. The molecule has 1 atom stereocenters. The van der Waals surface area contributed by atoms with Crippen LogP contribution in [0, 0.1) is 5.92 Å². The van der Waals surface area contributed by atoms with Gasteiger partial charge in [-0.1, -0.05) is 20.8 Å². The van der Waals surface area contributed by atoms with Crippen molar-refractivity contribution in [2.45, 2.75) is 59.6 Å². The van der Waals surface area contributed by atoms with Crippen LogP contribution in [0.25, 0.3) is 0 Å². The molecule has 0 aromatic rings. The monoisotopic (exact) mass is 201 g/mol. The first kappa shape index (κ1) is 13.9. The number of nitrogens with one attached hydrogen (secondary N) is 1. The molecule has 0 amide bonds. The molecule has 0 saturated carbocycles. The van der Waals surface area contributed by atoms with E-state index in [-0.39, 0.29) is 5.54 Å². The predicted molar refractivity (Wildman–Crippen MR) is 62.6 cm³/mol. The van der Waals surface area contributed by atoms with Crippen LogP contribution in [0.4, 0.5) is 0 Å². The minimum atomic E-state index is 0.232. The highest BCUT2D eigenvalue weighted by atomic mass is 16.5. The first-order chi connectivity index (χ1) is 6.37. The predicted octanol–water partition coefficient (Wildman–Crippen LogP) is 2.83. The zero-order chi connectivity index (χ0) is 11.2. The molecule has 0 aliphatic carbocycles. The maximum Gasteiger partial charge on any atom is 0.0671 e. The number of hydrogen-bond donors (Lipinski definition) is 1. The Morgan fingerprint density at radius 1 is 1.21 bits per heavy atom. The summed E-state index contributed by atoms with van der Waals surface area (Å²) in [5.74, 6) is 0.622. The van der Waals surface area contributed by atoms with E-state index in [1.807, 2.05) is 0 Å². The third-order valence-electron chi connectivity index (χ3n) is 2.47. The van der Waals surface area contributed by atoms with E-state index in [0.29, 0.717) is 12.0 Å². The van der Waals surface area contributed by atoms with Gasteiger partial charge in [-0.05, 0) is 33.1 Å². The smallest absolute Gasteiger partial charge is 0.0671 e. The van der Waals surface area contributed by atoms with Crippen LogP contribution in [-0.2, 0) is 4.74 Å². The minimum absolute atomic E-state index is 0.232. The molecule has 0 radical (unpaired) electrons. The summed E-state index contributed by atoms with van der Waals surface area (Å²) >= 11 is 0. The van der Waals surface area contributed by atoms with E-state index in [4.69, 9.17) is 4.74 Å². The van der Waals surface area contributed by atoms with Crippen molar-refractivity contribution in [1.29, 1.82) is 0 Å². The van der Waals surface area contributed by atoms with Gasteiger partial charge in [-0.3, -0.25) is 0 Å². The molecule has 0 aromatic carbocycles. The Balaban J connectivity index is 3.58. The van der Waals surface area contributed by atoms with Gasteiger partial charge in [0.25, 0.3) is 0 Å². The Kier molecular flexibility index (Phi) is 6.38. The van der Waals surface area contributed by atoms with Crippen molar-refractivity contribution in [2.24, 2.45) is 5.92 Å². The average Bonchev–Trinajstić information content (AvgIpc) is 2.11. The first-order valence-corrected chi connectivity index (χ1v) is 5.74. The lowest BCUT2D eigenvalue weighted by molar-refractivity contribution is 0.0433. The van der Waals surface area contributed by atoms with Gasteiger partial charge in [-0.25, -0.2) is 0 Å². The molecule has 0 saturated heterocycles. The number of ether oxygens (including phenoxy) is 1. The Bertz CT molecular complexity index is 143. The fraction of sp³-hybridized carbons (Fsp3) is 1.00. The molecule has 2 heteroatoms. The lowest BCUT2D eigenvalue weighted by Gasteiger charge is -2.27. The summed E-state index contributed by atoms with van der Waals surface area (Å²) in [6.07, 6.45) is 1.45. The van der Waals surface area contributed by atoms with Crippen LogP contribution < -0.4 is 5.32 Å². The molecule has 14 heavy (non-hydrogen) atoms. The highest BCUT2D eigenvalue weighted by Crippen LogP contribution is 2.07. The molecular formula is C12H27NO. The van der Waals surface area contributed by atoms with Gasteiger partial charge in [0, 0.05) is 18.7 Å². The number of rotatable bonds is 7. The van der Waals surface area contributed by atoms with E-state index in [1.165, 1.54) is 0 Å². The minimum Gasteiger partial charge on any atom is -0.377 e. The van der Waals surface area contributed by atoms with Crippen LogP contribution in [-0.4, -0.2) is 24.8 Å². The average molecular weight is 201 g/mol. The summed E-state index contributed by atoms with van der Waals surface area (Å²) in [5, 5.41) is 3.51. The van der Waals surface area contributed by atoms with Crippen molar-refractivity contribution in [1.82, 2.24) is 5.32 Å². The van der Waals surface area contributed by atoms with Crippen LogP contribution >= 0.6 is 0 Å². The molecule has 0 aliphatic heterocycles. The Labute approximate surface area is 89.4 Å². The van der Waals surface area contributed by atoms with Crippen LogP contribution in [0.15, 0.2) is 0 Å². The van der Waals surface area contributed by atoms with Gasteiger partial charge in [0.15, 0.2) is 0 Å². The van der Waals surface area contributed by atoms with E-state index in [0.717, 1.165) is 19.6 Å². The van der Waals surface area contributed by atoms with Gasteiger partial charge in [0.05, 0.1) is 6.10 Å². The third kappa shape index (κ3) is 7.34. The molecule has 1 N–H and O–H groups in total. The van der Waals surface area contributed by atoms with Gasteiger partial charge in [-0.2, -0.15) is 0 Å². The van der Waals surface area contributed by atoms with E-state index >= 15 is 0 Å². The van der Waals surface area contributed by atoms with E-state index in [9.17, 15) is 0 Å². The maximum atomic E-state index is 5.68. The fourth-order valence-electron chi connectivity index (χ4n) is 0.961. The van der Waals surface area contributed by atoms with Crippen molar-refractivity contribution in [3.05, 3.63) is 0 Å². The lowest BCUT2D eigenvalue weighted by Crippen LogP contribution is -2.42. The zero-order valence-corrected chi connectivity index (χ0v) is 10.7. The molecule has 2 nitrogen and oxygen atoms in total. The Hall–Kier alpha value is -0.0800. The summed E-state index contributed by atoms with van der Waals surface area (Å²) in [7, 11) is 0. The molecule has 0 aromatic heterocycles. The Morgan fingerprint density at radius 3 is 2.21 bits per heavy atom. The van der Waals surface area contributed by atoms with Gasteiger partial charge >= 0.3 is 0 Å². The molecule has 1 unspecified atom stereocenters. The second-order valence-electron chi connectivity index (χ2n) is 5.16. The van der Waals surface area contributed by atoms with E-state index in [2.05, 4.69) is 46.9 Å². The second-order valence-corrected chi connectivity index (χ2v) is 5.16. The Morgan fingerprint density at radius 2 is 1.79 bits per heavy atom. The first-order valence-electron chi connectivity index (χ1n) is 5.74. The van der Waals surface area contributed by atoms with Crippen LogP contribution in [0.3, 0.4) is 0 Å². The maximum absolute atomic E-state index is 5.68. The van der Waals surface area contributed by atoms with Crippen molar-refractivity contribution < 1.29 is 4.74 Å². The summed E-state index contributed by atoms with van der Waals surface area (Å²) in [4.78, 5) is 0. The lowest BCUT2D eigenvalue weighted by atomic mass is 10.0.